The summed E-state index contributed by atoms with van der Waals surface area (Å²) in [6.45, 7) is 0. The molecule has 0 amide bonds. The highest BCUT2D eigenvalue weighted by Crippen LogP contribution is 2.41. The van der Waals surface area contributed by atoms with Crippen LogP contribution in [0.1, 0.15) is 5.56 Å². The van der Waals surface area contributed by atoms with Crippen molar-refractivity contribution < 1.29 is 0 Å². The Morgan fingerprint density at radius 1 is 0.575 bits per heavy atom. The monoisotopic (exact) mass is 528 g/mol. The first-order valence-corrected chi connectivity index (χ1v) is 13.9. The number of nitriles is 1. The third-order valence-corrected chi connectivity index (χ3v) is 8.60. The van der Waals surface area contributed by atoms with E-state index in [-0.39, 0.29) is 0 Å². The Balaban J connectivity index is 1.54. The number of hydrogen-bond acceptors (Lipinski definition) is 4. The molecule has 0 N–H and O–H groups in total. The summed E-state index contributed by atoms with van der Waals surface area (Å²) in [5.74, 6) is 1.17. The summed E-state index contributed by atoms with van der Waals surface area (Å²) >= 11 is 1.81. The van der Waals surface area contributed by atoms with Gasteiger partial charge in [-0.25, -0.2) is 9.97 Å². The Kier molecular flexibility index (Phi) is 5.03. The number of thiophene rings is 1. The minimum atomic E-state index is 0.448. The first-order valence-electron chi connectivity index (χ1n) is 13.1. The van der Waals surface area contributed by atoms with Crippen LogP contribution in [-0.2, 0) is 0 Å². The van der Waals surface area contributed by atoms with E-state index in [1.165, 1.54) is 20.2 Å². The van der Waals surface area contributed by atoms with Crippen molar-refractivity contribution in [2.75, 3.05) is 0 Å². The van der Waals surface area contributed by atoms with E-state index in [0.29, 0.717) is 22.9 Å². The van der Waals surface area contributed by atoms with E-state index in [0.717, 1.165) is 32.9 Å². The van der Waals surface area contributed by atoms with E-state index < -0.39 is 0 Å². The zero-order valence-electron chi connectivity index (χ0n) is 21.2. The van der Waals surface area contributed by atoms with Gasteiger partial charge in [0.2, 0.25) is 0 Å². The van der Waals surface area contributed by atoms with Gasteiger partial charge in [0, 0.05) is 42.1 Å². The third-order valence-electron chi connectivity index (χ3n) is 7.46. The molecule has 0 spiro atoms. The fourth-order valence-corrected chi connectivity index (χ4v) is 6.78. The lowest BCUT2D eigenvalue weighted by atomic mass is 10.1. The number of benzene rings is 5. The van der Waals surface area contributed by atoms with Crippen LogP contribution in [0.15, 0.2) is 121 Å². The van der Waals surface area contributed by atoms with E-state index >= 15 is 0 Å². The first kappa shape index (κ1) is 22.7. The van der Waals surface area contributed by atoms with Crippen LogP contribution in [-0.4, -0.2) is 14.5 Å². The van der Waals surface area contributed by atoms with E-state index in [2.05, 4.69) is 65.2 Å². The fraction of sp³-hybridized carbons (Fsp3) is 0. The lowest BCUT2D eigenvalue weighted by Gasteiger charge is -2.14. The number of aromatic nitrogens is 3. The Labute approximate surface area is 234 Å². The quantitative estimate of drug-likeness (QED) is 0.230. The summed E-state index contributed by atoms with van der Waals surface area (Å²) in [5.41, 5.74) is 4.88. The Hall–Kier alpha value is -5.31. The van der Waals surface area contributed by atoms with Crippen molar-refractivity contribution in [3.8, 4) is 34.5 Å². The van der Waals surface area contributed by atoms with Gasteiger partial charge in [0.05, 0.1) is 16.7 Å². The summed E-state index contributed by atoms with van der Waals surface area (Å²) in [4.78, 5) is 10.1. The third kappa shape index (κ3) is 3.37. The molecule has 0 saturated heterocycles. The molecule has 5 aromatic carbocycles. The molecule has 0 bridgehead atoms. The molecular formula is C35H20N4S. The molecule has 0 atom stereocenters. The Morgan fingerprint density at radius 2 is 1.25 bits per heavy atom. The van der Waals surface area contributed by atoms with Gasteiger partial charge in [-0.15, -0.1) is 11.3 Å². The number of fused-ring (bicyclic) bond motifs is 6. The van der Waals surface area contributed by atoms with Crippen LogP contribution in [0.5, 0.6) is 0 Å². The maximum Gasteiger partial charge on any atom is 0.162 e. The van der Waals surface area contributed by atoms with Crippen LogP contribution >= 0.6 is 11.3 Å². The molecule has 4 nitrogen and oxygen atoms in total. The van der Waals surface area contributed by atoms with E-state index in [1.807, 2.05) is 78.1 Å². The minimum Gasteiger partial charge on any atom is -0.293 e. The lowest BCUT2D eigenvalue weighted by Crippen LogP contribution is -2.07. The smallest absolute Gasteiger partial charge is 0.162 e. The van der Waals surface area contributed by atoms with Gasteiger partial charge in [-0.05, 0) is 24.3 Å². The van der Waals surface area contributed by atoms with Crippen LogP contribution < -0.4 is 0 Å². The summed E-state index contributed by atoms with van der Waals surface area (Å²) in [5, 5.41) is 15.3. The van der Waals surface area contributed by atoms with Gasteiger partial charge >= 0.3 is 0 Å². The summed E-state index contributed by atoms with van der Waals surface area (Å²) in [6.07, 6.45) is 0. The fourth-order valence-electron chi connectivity index (χ4n) is 5.65. The lowest BCUT2D eigenvalue weighted by molar-refractivity contribution is 1.04. The second kappa shape index (κ2) is 8.88. The highest BCUT2D eigenvalue weighted by Gasteiger charge is 2.23. The number of rotatable bonds is 3. The second-order valence-corrected chi connectivity index (χ2v) is 10.8. The molecule has 8 aromatic rings. The number of nitrogens with zero attached hydrogens (tertiary/aromatic N) is 4. The van der Waals surface area contributed by atoms with Crippen molar-refractivity contribution in [3.63, 3.8) is 0 Å². The molecule has 5 heteroatoms. The van der Waals surface area contributed by atoms with Crippen molar-refractivity contribution in [2.24, 2.45) is 0 Å². The molecular weight excluding hydrogens is 508 g/mol. The van der Waals surface area contributed by atoms with Crippen molar-refractivity contribution in [1.29, 1.82) is 5.26 Å². The average Bonchev–Trinajstić information content (AvgIpc) is 3.55. The molecule has 8 rings (SSSR count). The van der Waals surface area contributed by atoms with Gasteiger partial charge in [-0.1, -0.05) is 97.1 Å². The first-order chi connectivity index (χ1) is 19.8. The summed E-state index contributed by atoms with van der Waals surface area (Å²) in [7, 11) is 0. The molecule has 3 aromatic heterocycles. The van der Waals surface area contributed by atoms with Gasteiger partial charge in [0.15, 0.2) is 11.6 Å². The van der Waals surface area contributed by atoms with Crippen molar-refractivity contribution >= 4 is 53.3 Å². The van der Waals surface area contributed by atoms with Gasteiger partial charge in [-0.2, -0.15) is 5.26 Å². The highest BCUT2D eigenvalue weighted by atomic mass is 32.1. The predicted octanol–water partition coefficient (Wildman–Crippen LogP) is 9.15. The van der Waals surface area contributed by atoms with Crippen LogP contribution in [0.2, 0.25) is 0 Å². The van der Waals surface area contributed by atoms with E-state index in [9.17, 15) is 5.26 Å². The van der Waals surface area contributed by atoms with Crippen molar-refractivity contribution in [2.45, 2.75) is 0 Å². The summed E-state index contributed by atoms with van der Waals surface area (Å²) < 4.78 is 4.66. The molecule has 0 saturated carbocycles. The zero-order valence-corrected chi connectivity index (χ0v) is 22.1. The van der Waals surface area contributed by atoms with Gasteiger partial charge < -0.3 is 0 Å². The van der Waals surface area contributed by atoms with Crippen LogP contribution in [0.25, 0.3) is 70.4 Å². The second-order valence-electron chi connectivity index (χ2n) is 9.75. The Bertz CT molecular complexity index is 2270. The van der Waals surface area contributed by atoms with Crippen LogP contribution in [0, 0.1) is 11.3 Å². The normalized spacial score (nSPS) is 11.5. The van der Waals surface area contributed by atoms with Crippen LogP contribution in [0.3, 0.4) is 0 Å². The van der Waals surface area contributed by atoms with Gasteiger partial charge in [0.1, 0.15) is 11.6 Å². The van der Waals surface area contributed by atoms with Crippen molar-refractivity contribution in [1.82, 2.24) is 14.5 Å². The molecule has 0 fully saturated rings. The maximum atomic E-state index is 10.6. The van der Waals surface area contributed by atoms with Crippen LogP contribution in [0.4, 0.5) is 0 Å². The standard InChI is InChI=1S/C35H20N4S/c36-21-28-33(22-11-3-1-4-12-22)37-34(23-13-5-2-6-14-23)38-35(28)39-29-17-9-7-15-24(29)26-20-32-27(19-30(26)39)25-16-8-10-18-31(25)40-32/h1-20H. The molecule has 40 heavy (non-hydrogen) atoms. The van der Waals surface area contributed by atoms with E-state index in [1.54, 1.807) is 0 Å². The molecule has 3 heterocycles. The largest absolute Gasteiger partial charge is 0.293 e. The molecule has 0 unspecified atom stereocenters. The van der Waals surface area contributed by atoms with Crippen molar-refractivity contribution in [3.05, 3.63) is 127 Å². The van der Waals surface area contributed by atoms with Gasteiger partial charge in [-0.3, -0.25) is 4.57 Å². The average molecular weight is 529 g/mol. The van der Waals surface area contributed by atoms with E-state index in [4.69, 9.17) is 9.97 Å². The maximum absolute atomic E-state index is 10.6. The summed E-state index contributed by atoms with van der Waals surface area (Å²) in [6, 6.07) is 43.8. The molecule has 186 valence electrons. The molecule has 0 radical (unpaired) electrons. The molecule has 0 aliphatic rings. The predicted molar refractivity (Wildman–Crippen MR) is 165 cm³/mol. The zero-order chi connectivity index (χ0) is 26.6. The highest BCUT2D eigenvalue weighted by molar-refractivity contribution is 7.25. The SMILES string of the molecule is N#Cc1c(-c2ccccc2)nc(-c2ccccc2)nc1-n1c2ccccc2c2cc3sc4ccccc4c3cc21. The molecule has 0 aliphatic heterocycles. The van der Waals surface area contributed by atoms with Gasteiger partial charge in [0.25, 0.3) is 0 Å². The topological polar surface area (TPSA) is 54.5 Å². The molecule has 0 aliphatic carbocycles. The number of hydrogen-bond donors (Lipinski definition) is 0. The minimum absolute atomic E-state index is 0.448. The Morgan fingerprint density at radius 3 is 2.02 bits per heavy atom. The number of para-hydroxylation sites is 1.